The van der Waals surface area contributed by atoms with Crippen LogP contribution in [0.15, 0.2) is 36.8 Å². The molecule has 0 unspecified atom stereocenters. The van der Waals surface area contributed by atoms with Gasteiger partial charge in [-0.1, -0.05) is 6.58 Å². The lowest BCUT2D eigenvalue weighted by Crippen LogP contribution is -2.19. The number of rotatable bonds is 2. The van der Waals surface area contributed by atoms with Crippen LogP contribution in [0.3, 0.4) is 0 Å². The summed E-state index contributed by atoms with van der Waals surface area (Å²) >= 11 is 0. The monoisotopic (exact) mass is 147 g/mol. The maximum absolute atomic E-state index is 5.21. The number of nitrogens with one attached hydrogen (secondary N) is 1. The summed E-state index contributed by atoms with van der Waals surface area (Å²) in [6, 6.07) is 3.65. The predicted molar refractivity (Wildman–Crippen MR) is 44.1 cm³/mol. The molecule has 0 bridgehead atoms. The van der Waals surface area contributed by atoms with Crippen LogP contribution in [-0.2, 0) is 0 Å². The first-order valence-electron chi connectivity index (χ1n) is 3.15. The van der Waals surface area contributed by atoms with Crippen molar-refractivity contribution in [1.82, 2.24) is 10.4 Å². The Morgan fingerprint density at radius 2 is 2.18 bits per heavy atom. The van der Waals surface area contributed by atoms with E-state index in [4.69, 9.17) is 5.84 Å². The highest BCUT2D eigenvalue weighted by Crippen LogP contribution is 2.05. The molecule has 0 fully saturated rings. The van der Waals surface area contributed by atoms with Crippen LogP contribution in [-0.4, -0.2) is 4.98 Å². The van der Waals surface area contributed by atoms with Gasteiger partial charge in [-0.15, -0.1) is 5.73 Å². The standard InChI is InChI=1S/C8H9N3/c1-2-8(11-9)7-3-5-10-6-4-7/h3-6,11H,1,9H2. The first-order valence-corrected chi connectivity index (χ1v) is 3.15. The van der Waals surface area contributed by atoms with Crippen molar-refractivity contribution in [3.05, 3.63) is 42.4 Å². The van der Waals surface area contributed by atoms with Crippen molar-refractivity contribution >= 4 is 5.70 Å². The Morgan fingerprint density at radius 3 is 2.64 bits per heavy atom. The van der Waals surface area contributed by atoms with E-state index in [1.54, 1.807) is 12.4 Å². The topological polar surface area (TPSA) is 50.9 Å². The van der Waals surface area contributed by atoms with Crippen LogP contribution in [0.2, 0.25) is 0 Å². The highest BCUT2D eigenvalue weighted by atomic mass is 15.2. The molecular weight excluding hydrogens is 138 g/mol. The van der Waals surface area contributed by atoms with E-state index >= 15 is 0 Å². The van der Waals surface area contributed by atoms with E-state index in [1.165, 1.54) is 0 Å². The SMILES string of the molecule is C=C=C(NN)c1ccncc1. The molecular formula is C8H9N3. The van der Waals surface area contributed by atoms with Gasteiger partial charge in [0.05, 0.1) is 5.70 Å². The molecule has 56 valence electrons. The van der Waals surface area contributed by atoms with Gasteiger partial charge in [-0.3, -0.25) is 4.98 Å². The Hall–Kier alpha value is -1.57. The fourth-order valence-electron chi connectivity index (χ4n) is 0.755. The summed E-state index contributed by atoms with van der Waals surface area (Å²) in [7, 11) is 0. The average molecular weight is 147 g/mol. The lowest BCUT2D eigenvalue weighted by atomic mass is 10.2. The summed E-state index contributed by atoms with van der Waals surface area (Å²) in [5.41, 5.74) is 6.76. The normalized spacial score (nSPS) is 8.45. The van der Waals surface area contributed by atoms with Gasteiger partial charge in [0.15, 0.2) is 0 Å². The smallest absolute Gasteiger partial charge is 0.0983 e. The molecule has 0 atom stereocenters. The predicted octanol–water partition coefficient (Wildman–Crippen LogP) is 0.671. The van der Waals surface area contributed by atoms with Crippen LogP contribution >= 0.6 is 0 Å². The Kier molecular flexibility index (Phi) is 2.44. The van der Waals surface area contributed by atoms with Gasteiger partial charge in [-0.2, -0.15) is 0 Å². The van der Waals surface area contributed by atoms with Gasteiger partial charge in [0.1, 0.15) is 0 Å². The van der Waals surface area contributed by atoms with E-state index in [2.05, 4.69) is 22.7 Å². The lowest BCUT2D eigenvalue weighted by Gasteiger charge is -2.01. The molecule has 0 amide bonds. The van der Waals surface area contributed by atoms with Crippen molar-refractivity contribution in [3.8, 4) is 0 Å². The van der Waals surface area contributed by atoms with Gasteiger partial charge >= 0.3 is 0 Å². The fraction of sp³-hybridized carbons (Fsp3) is 0. The number of aromatic nitrogens is 1. The number of hydrogen-bond acceptors (Lipinski definition) is 3. The first-order chi connectivity index (χ1) is 5.38. The maximum Gasteiger partial charge on any atom is 0.0983 e. The molecule has 0 radical (unpaired) electrons. The Labute approximate surface area is 65.2 Å². The van der Waals surface area contributed by atoms with Crippen LogP contribution in [0.1, 0.15) is 5.56 Å². The molecule has 0 saturated carbocycles. The molecule has 3 N–H and O–H groups in total. The van der Waals surface area contributed by atoms with Crippen molar-refractivity contribution in [1.29, 1.82) is 0 Å². The van der Waals surface area contributed by atoms with E-state index in [-0.39, 0.29) is 0 Å². The first kappa shape index (κ1) is 7.54. The zero-order chi connectivity index (χ0) is 8.10. The highest BCUT2D eigenvalue weighted by Gasteiger charge is 1.94. The third-order valence-electron chi connectivity index (χ3n) is 1.29. The number of nitrogens with two attached hydrogens (primary N) is 1. The van der Waals surface area contributed by atoms with E-state index in [0.717, 1.165) is 5.56 Å². The van der Waals surface area contributed by atoms with Crippen molar-refractivity contribution in [2.75, 3.05) is 0 Å². The Balaban J connectivity index is 3.02. The van der Waals surface area contributed by atoms with E-state index in [9.17, 15) is 0 Å². The lowest BCUT2D eigenvalue weighted by molar-refractivity contribution is 0.992. The van der Waals surface area contributed by atoms with Gasteiger partial charge in [0.25, 0.3) is 0 Å². The summed E-state index contributed by atoms with van der Waals surface area (Å²) in [4.78, 5) is 3.87. The second kappa shape index (κ2) is 3.56. The Morgan fingerprint density at radius 1 is 1.55 bits per heavy atom. The quantitative estimate of drug-likeness (QED) is 0.367. The van der Waals surface area contributed by atoms with Gasteiger partial charge in [0.2, 0.25) is 0 Å². The number of nitrogens with zero attached hydrogens (tertiary/aromatic N) is 1. The molecule has 1 aromatic heterocycles. The molecule has 1 heterocycles. The fourth-order valence-corrected chi connectivity index (χ4v) is 0.755. The Bertz CT molecular complexity index is 273. The van der Waals surface area contributed by atoms with Crippen LogP contribution < -0.4 is 11.3 Å². The highest BCUT2D eigenvalue weighted by molar-refractivity contribution is 5.61. The molecule has 0 aliphatic heterocycles. The van der Waals surface area contributed by atoms with Crippen LogP contribution in [0.5, 0.6) is 0 Å². The average Bonchev–Trinajstić information content (AvgIpc) is 2.09. The molecule has 0 aromatic carbocycles. The molecule has 11 heavy (non-hydrogen) atoms. The minimum absolute atomic E-state index is 0.674. The minimum Gasteiger partial charge on any atom is -0.317 e. The number of pyridine rings is 1. The molecule has 0 aliphatic rings. The third-order valence-corrected chi connectivity index (χ3v) is 1.29. The zero-order valence-electron chi connectivity index (χ0n) is 6.04. The van der Waals surface area contributed by atoms with Gasteiger partial charge in [-0.25, -0.2) is 5.84 Å². The van der Waals surface area contributed by atoms with Crippen LogP contribution in [0, 0.1) is 0 Å². The van der Waals surface area contributed by atoms with Crippen molar-refractivity contribution in [3.63, 3.8) is 0 Å². The zero-order valence-corrected chi connectivity index (χ0v) is 6.04. The number of hydrazine groups is 1. The van der Waals surface area contributed by atoms with Crippen LogP contribution in [0.4, 0.5) is 0 Å². The second-order valence-electron chi connectivity index (χ2n) is 1.93. The van der Waals surface area contributed by atoms with Crippen molar-refractivity contribution in [2.24, 2.45) is 5.84 Å². The molecule has 1 rings (SSSR count). The summed E-state index contributed by atoms with van der Waals surface area (Å²) < 4.78 is 0. The summed E-state index contributed by atoms with van der Waals surface area (Å²) in [6.07, 6.45) is 3.37. The van der Waals surface area contributed by atoms with Crippen LogP contribution in [0.25, 0.3) is 5.70 Å². The molecule has 0 aliphatic carbocycles. The second-order valence-corrected chi connectivity index (χ2v) is 1.93. The largest absolute Gasteiger partial charge is 0.317 e. The summed E-state index contributed by atoms with van der Waals surface area (Å²) in [5, 5.41) is 0. The minimum atomic E-state index is 0.674. The van der Waals surface area contributed by atoms with E-state index < -0.39 is 0 Å². The van der Waals surface area contributed by atoms with E-state index in [1.807, 2.05) is 12.1 Å². The van der Waals surface area contributed by atoms with Gasteiger partial charge < -0.3 is 5.43 Å². The molecule has 0 spiro atoms. The molecule has 3 heteroatoms. The third kappa shape index (κ3) is 1.67. The molecule has 0 saturated heterocycles. The van der Waals surface area contributed by atoms with Crippen molar-refractivity contribution < 1.29 is 0 Å². The van der Waals surface area contributed by atoms with Gasteiger partial charge in [0, 0.05) is 18.0 Å². The summed E-state index contributed by atoms with van der Waals surface area (Å²) in [5.74, 6) is 5.21. The maximum atomic E-state index is 5.21. The number of hydrogen-bond donors (Lipinski definition) is 2. The van der Waals surface area contributed by atoms with Gasteiger partial charge in [-0.05, 0) is 12.1 Å². The molecule has 3 nitrogen and oxygen atoms in total. The van der Waals surface area contributed by atoms with E-state index in [0.29, 0.717) is 5.70 Å². The molecule has 1 aromatic rings. The summed E-state index contributed by atoms with van der Waals surface area (Å²) in [6.45, 7) is 3.48. The van der Waals surface area contributed by atoms with Crippen molar-refractivity contribution in [2.45, 2.75) is 0 Å².